The van der Waals surface area contributed by atoms with Crippen molar-refractivity contribution in [2.45, 2.75) is 25.8 Å². The molecule has 2 aliphatic heterocycles. The van der Waals surface area contributed by atoms with Crippen molar-refractivity contribution in [3.8, 4) is 0 Å². The van der Waals surface area contributed by atoms with Crippen molar-refractivity contribution in [1.82, 2.24) is 25.2 Å². The van der Waals surface area contributed by atoms with E-state index in [1.54, 1.807) is 22.7 Å². The van der Waals surface area contributed by atoms with Gasteiger partial charge in [0.1, 0.15) is 0 Å². The van der Waals surface area contributed by atoms with Crippen molar-refractivity contribution < 1.29 is 14.7 Å². The number of rotatable bonds is 3. The van der Waals surface area contributed by atoms with Crippen LogP contribution in [0.1, 0.15) is 36.3 Å². The average molecular weight is 293 g/mol. The molecule has 0 aliphatic carbocycles. The number of carboxylic acids is 1. The Morgan fingerprint density at radius 2 is 2.05 bits per heavy atom. The standard InChI is InChI=1S/C13H19N5O3/c1-13(12(20)21)2-4-17(5-3-13)11(19)10-8-18(16-15-10)9-6-14-7-9/h8-9,14H,2-7H2,1H3,(H,20,21). The predicted octanol–water partition coefficient (Wildman–Crippen LogP) is -0.251. The lowest BCUT2D eigenvalue weighted by molar-refractivity contribution is -0.150. The van der Waals surface area contributed by atoms with Gasteiger partial charge in [-0.25, -0.2) is 4.68 Å². The van der Waals surface area contributed by atoms with E-state index in [4.69, 9.17) is 0 Å². The van der Waals surface area contributed by atoms with Gasteiger partial charge in [0.15, 0.2) is 5.69 Å². The van der Waals surface area contributed by atoms with E-state index in [-0.39, 0.29) is 11.9 Å². The average Bonchev–Trinajstić information content (AvgIpc) is 2.86. The molecule has 8 nitrogen and oxygen atoms in total. The summed E-state index contributed by atoms with van der Waals surface area (Å²) >= 11 is 0. The van der Waals surface area contributed by atoms with Crippen molar-refractivity contribution in [1.29, 1.82) is 0 Å². The van der Waals surface area contributed by atoms with Crippen LogP contribution in [0.25, 0.3) is 0 Å². The van der Waals surface area contributed by atoms with Gasteiger partial charge in [-0.3, -0.25) is 9.59 Å². The number of piperidine rings is 1. The van der Waals surface area contributed by atoms with Gasteiger partial charge >= 0.3 is 5.97 Å². The van der Waals surface area contributed by atoms with Gasteiger partial charge in [-0.2, -0.15) is 0 Å². The quantitative estimate of drug-likeness (QED) is 0.797. The number of likely N-dealkylation sites (tertiary alicyclic amines) is 1. The third-order valence-corrected chi connectivity index (χ3v) is 4.53. The molecule has 0 atom stereocenters. The van der Waals surface area contributed by atoms with Crippen molar-refractivity contribution in [3.63, 3.8) is 0 Å². The lowest BCUT2D eigenvalue weighted by atomic mass is 9.80. The Balaban J connectivity index is 1.64. The van der Waals surface area contributed by atoms with Gasteiger partial charge in [0.05, 0.1) is 17.7 Å². The van der Waals surface area contributed by atoms with Crippen LogP contribution < -0.4 is 5.32 Å². The van der Waals surface area contributed by atoms with Crippen molar-refractivity contribution in [2.75, 3.05) is 26.2 Å². The van der Waals surface area contributed by atoms with Crippen LogP contribution >= 0.6 is 0 Å². The second kappa shape index (κ2) is 5.10. The number of hydrogen-bond acceptors (Lipinski definition) is 5. The first-order valence-electron chi connectivity index (χ1n) is 7.15. The molecule has 0 aromatic carbocycles. The van der Waals surface area contributed by atoms with Crippen molar-refractivity contribution in [3.05, 3.63) is 11.9 Å². The highest BCUT2D eigenvalue weighted by molar-refractivity contribution is 5.92. The Hall–Kier alpha value is -1.96. The van der Waals surface area contributed by atoms with E-state index in [9.17, 15) is 14.7 Å². The van der Waals surface area contributed by atoms with Gasteiger partial charge in [-0.05, 0) is 19.8 Å². The highest BCUT2D eigenvalue weighted by atomic mass is 16.4. The van der Waals surface area contributed by atoms with Crippen LogP contribution in [0.5, 0.6) is 0 Å². The largest absolute Gasteiger partial charge is 0.481 e. The topological polar surface area (TPSA) is 100 Å². The van der Waals surface area contributed by atoms with E-state index >= 15 is 0 Å². The number of aromatic nitrogens is 3. The van der Waals surface area contributed by atoms with E-state index < -0.39 is 11.4 Å². The summed E-state index contributed by atoms with van der Waals surface area (Å²) in [5.41, 5.74) is -0.396. The number of carbonyl (C=O) groups is 2. The fourth-order valence-electron chi connectivity index (χ4n) is 2.59. The van der Waals surface area contributed by atoms with Crippen LogP contribution in [-0.2, 0) is 4.79 Å². The fourth-order valence-corrected chi connectivity index (χ4v) is 2.59. The highest BCUT2D eigenvalue weighted by Gasteiger charge is 2.38. The summed E-state index contributed by atoms with van der Waals surface area (Å²) in [6, 6.07) is 0.274. The van der Waals surface area contributed by atoms with Gasteiger partial charge < -0.3 is 15.3 Å². The Kier molecular flexibility index (Phi) is 3.40. The second-order valence-corrected chi connectivity index (χ2v) is 6.05. The van der Waals surface area contributed by atoms with E-state index in [1.165, 1.54) is 0 Å². The van der Waals surface area contributed by atoms with Crippen molar-refractivity contribution >= 4 is 11.9 Å². The van der Waals surface area contributed by atoms with Gasteiger partial charge in [-0.1, -0.05) is 5.21 Å². The number of nitrogens with one attached hydrogen (secondary N) is 1. The number of aliphatic carboxylic acids is 1. The summed E-state index contributed by atoms with van der Waals surface area (Å²) in [5.74, 6) is -0.959. The van der Waals surface area contributed by atoms with Gasteiger partial charge in [0.2, 0.25) is 0 Å². The summed E-state index contributed by atoms with van der Waals surface area (Å²) in [6.07, 6.45) is 2.61. The molecule has 0 bridgehead atoms. The number of amides is 1. The van der Waals surface area contributed by atoms with E-state index in [1.807, 2.05) is 0 Å². The third kappa shape index (κ3) is 2.51. The molecule has 0 spiro atoms. The van der Waals surface area contributed by atoms with E-state index in [0.717, 1.165) is 13.1 Å². The maximum Gasteiger partial charge on any atom is 0.309 e. The number of carbonyl (C=O) groups excluding carboxylic acids is 1. The number of nitrogens with zero attached hydrogens (tertiary/aromatic N) is 4. The molecule has 2 aliphatic rings. The molecule has 1 aromatic heterocycles. The fraction of sp³-hybridized carbons (Fsp3) is 0.692. The summed E-state index contributed by atoms with van der Waals surface area (Å²) in [5, 5.41) is 20.3. The number of carboxylic acid groups (broad SMARTS) is 1. The zero-order chi connectivity index (χ0) is 15.0. The van der Waals surface area contributed by atoms with Crippen LogP contribution in [0.2, 0.25) is 0 Å². The van der Waals surface area contributed by atoms with Gasteiger partial charge in [0.25, 0.3) is 5.91 Å². The SMILES string of the molecule is CC1(C(=O)O)CCN(C(=O)c2cn(C3CNC3)nn2)CC1. The minimum atomic E-state index is -0.793. The Morgan fingerprint density at radius 1 is 1.38 bits per heavy atom. The number of hydrogen-bond donors (Lipinski definition) is 2. The zero-order valence-electron chi connectivity index (χ0n) is 11.9. The molecule has 114 valence electrons. The van der Waals surface area contributed by atoms with E-state index in [2.05, 4.69) is 15.6 Å². The first kappa shape index (κ1) is 14.0. The summed E-state index contributed by atoms with van der Waals surface area (Å²) in [4.78, 5) is 25.2. The normalized spacial score (nSPS) is 21.9. The summed E-state index contributed by atoms with van der Waals surface area (Å²) in [7, 11) is 0. The molecule has 1 aromatic rings. The third-order valence-electron chi connectivity index (χ3n) is 4.53. The van der Waals surface area contributed by atoms with Crippen molar-refractivity contribution in [2.24, 2.45) is 5.41 Å². The molecule has 0 radical (unpaired) electrons. The second-order valence-electron chi connectivity index (χ2n) is 6.05. The minimum Gasteiger partial charge on any atom is -0.481 e. The zero-order valence-corrected chi connectivity index (χ0v) is 11.9. The van der Waals surface area contributed by atoms with Gasteiger partial charge in [0, 0.05) is 26.2 Å². The maximum absolute atomic E-state index is 12.4. The monoisotopic (exact) mass is 293 g/mol. The molecular weight excluding hydrogens is 274 g/mol. The maximum atomic E-state index is 12.4. The first-order chi connectivity index (χ1) is 9.99. The van der Waals surface area contributed by atoms with Crippen LogP contribution in [-0.4, -0.2) is 63.1 Å². The summed E-state index contributed by atoms with van der Waals surface area (Å²) < 4.78 is 1.72. The van der Waals surface area contributed by atoms with E-state index in [0.29, 0.717) is 31.6 Å². The minimum absolute atomic E-state index is 0.166. The van der Waals surface area contributed by atoms with Crippen LogP contribution in [0.3, 0.4) is 0 Å². The Bertz CT molecular complexity index is 558. The summed E-state index contributed by atoms with van der Waals surface area (Å²) in [6.45, 7) is 4.31. The lowest BCUT2D eigenvalue weighted by Crippen LogP contribution is -2.45. The molecule has 8 heteroatoms. The molecule has 2 saturated heterocycles. The molecule has 3 heterocycles. The van der Waals surface area contributed by atoms with Crippen LogP contribution in [0.4, 0.5) is 0 Å². The van der Waals surface area contributed by atoms with Crippen LogP contribution in [0, 0.1) is 5.41 Å². The molecule has 2 N–H and O–H groups in total. The molecule has 2 fully saturated rings. The smallest absolute Gasteiger partial charge is 0.309 e. The lowest BCUT2D eigenvalue weighted by Gasteiger charge is -2.36. The molecular formula is C13H19N5O3. The Morgan fingerprint density at radius 3 is 2.57 bits per heavy atom. The molecule has 3 rings (SSSR count). The molecule has 21 heavy (non-hydrogen) atoms. The molecule has 0 saturated carbocycles. The predicted molar refractivity (Wildman–Crippen MR) is 72.8 cm³/mol. The van der Waals surface area contributed by atoms with Gasteiger partial charge in [-0.15, -0.1) is 5.10 Å². The van der Waals surface area contributed by atoms with Crippen LogP contribution in [0.15, 0.2) is 6.20 Å². The first-order valence-corrected chi connectivity index (χ1v) is 7.15. The molecule has 0 unspecified atom stereocenters. The Labute approximate surface area is 122 Å². The molecule has 1 amide bonds. The highest BCUT2D eigenvalue weighted by Crippen LogP contribution is 2.31.